The van der Waals surface area contributed by atoms with Crippen molar-refractivity contribution in [3.05, 3.63) is 70.5 Å². The Morgan fingerprint density at radius 1 is 1.27 bits per heavy atom. The van der Waals surface area contributed by atoms with Crippen LogP contribution in [0.3, 0.4) is 0 Å². The predicted octanol–water partition coefficient (Wildman–Crippen LogP) is 4.25. The quantitative estimate of drug-likeness (QED) is 0.837. The number of hydrogen-bond donors (Lipinski definition) is 1. The fraction of sp³-hybridized carbons (Fsp3) is 0.350. The number of piperazine rings is 1. The fourth-order valence-electron chi connectivity index (χ4n) is 3.36. The summed E-state index contributed by atoms with van der Waals surface area (Å²) in [5.74, 6) is -0.514. The summed E-state index contributed by atoms with van der Waals surface area (Å²) in [4.78, 5) is 14.9. The molecule has 26 heavy (non-hydrogen) atoms. The molecule has 2 aromatic rings. The number of hydrogen-bond acceptors (Lipinski definition) is 2. The van der Waals surface area contributed by atoms with Gasteiger partial charge in [-0.25, -0.2) is 4.39 Å². The first-order valence-electron chi connectivity index (χ1n) is 8.57. The van der Waals surface area contributed by atoms with Gasteiger partial charge in [-0.3, -0.25) is 4.79 Å². The zero-order valence-electron chi connectivity index (χ0n) is 14.6. The van der Waals surface area contributed by atoms with E-state index in [0.717, 1.165) is 12.1 Å². The second kappa shape index (κ2) is 9.36. The Balaban J connectivity index is 0.00000243. The predicted molar refractivity (Wildman–Crippen MR) is 105 cm³/mol. The molecule has 6 heteroatoms. The summed E-state index contributed by atoms with van der Waals surface area (Å²) in [5.41, 5.74) is 1.52. The van der Waals surface area contributed by atoms with Gasteiger partial charge in [0.15, 0.2) is 0 Å². The van der Waals surface area contributed by atoms with Gasteiger partial charge < -0.3 is 10.2 Å². The summed E-state index contributed by atoms with van der Waals surface area (Å²) in [6.07, 6.45) is 0.394. The number of benzene rings is 2. The standard InChI is InChI=1S/C20H22ClFN2O.ClH/c1-14(12-15-6-2-5-9-18(15)22)20(25)24-11-10-23-13-19(24)16-7-3-4-8-17(16)21;/h2-9,14,19,23H,10-13H2,1H3;1H. The van der Waals surface area contributed by atoms with Gasteiger partial charge in [0.25, 0.3) is 0 Å². The topological polar surface area (TPSA) is 32.3 Å². The summed E-state index contributed by atoms with van der Waals surface area (Å²) in [7, 11) is 0. The van der Waals surface area contributed by atoms with Crippen LogP contribution in [0.4, 0.5) is 4.39 Å². The van der Waals surface area contributed by atoms with Crippen LogP contribution in [0.1, 0.15) is 24.1 Å². The van der Waals surface area contributed by atoms with E-state index < -0.39 is 0 Å². The first-order chi connectivity index (χ1) is 12.1. The molecular weight excluding hydrogens is 374 g/mol. The third kappa shape index (κ3) is 4.56. The summed E-state index contributed by atoms with van der Waals surface area (Å²) in [6.45, 7) is 3.90. The van der Waals surface area contributed by atoms with Crippen LogP contribution in [0.5, 0.6) is 0 Å². The van der Waals surface area contributed by atoms with Crippen LogP contribution in [-0.4, -0.2) is 30.4 Å². The van der Waals surface area contributed by atoms with Crippen LogP contribution < -0.4 is 5.32 Å². The minimum absolute atomic E-state index is 0. The maximum Gasteiger partial charge on any atom is 0.226 e. The molecular formula is C20H23Cl2FN2O. The van der Waals surface area contributed by atoms with Crippen LogP contribution in [-0.2, 0) is 11.2 Å². The van der Waals surface area contributed by atoms with Crippen LogP contribution in [0.25, 0.3) is 0 Å². The fourth-order valence-corrected chi connectivity index (χ4v) is 3.62. The van der Waals surface area contributed by atoms with Gasteiger partial charge in [0.1, 0.15) is 5.82 Å². The minimum atomic E-state index is -0.292. The van der Waals surface area contributed by atoms with E-state index in [9.17, 15) is 9.18 Å². The first kappa shape index (κ1) is 20.7. The van der Waals surface area contributed by atoms with Gasteiger partial charge in [-0.2, -0.15) is 0 Å². The van der Waals surface area contributed by atoms with E-state index >= 15 is 0 Å². The number of carbonyl (C=O) groups is 1. The molecule has 1 aliphatic heterocycles. The molecule has 1 aliphatic rings. The van der Waals surface area contributed by atoms with Crippen LogP contribution in [0.15, 0.2) is 48.5 Å². The third-order valence-corrected chi connectivity index (χ3v) is 5.04. The van der Waals surface area contributed by atoms with Crippen molar-refractivity contribution < 1.29 is 9.18 Å². The van der Waals surface area contributed by atoms with Crippen molar-refractivity contribution in [2.24, 2.45) is 5.92 Å². The normalized spacial score (nSPS) is 18.1. The lowest BCUT2D eigenvalue weighted by molar-refractivity contribution is -0.138. The molecule has 3 rings (SSSR count). The summed E-state index contributed by atoms with van der Waals surface area (Å²) in [6, 6.07) is 14.2. The second-order valence-electron chi connectivity index (χ2n) is 6.47. The van der Waals surface area contributed by atoms with Gasteiger partial charge in [0.05, 0.1) is 6.04 Å². The number of rotatable bonds is 4. The lowest BCUT2D eigenvalue weighted by Gasteiger charge is -2.38. The highest BCUT2D eigenvalue weighted by molar-refractivity contribution is 6.31. The average Bonchev–Trinajstić information content (AvgIpc) is 2.63. The molecule has 3 nitrogen and oxygen atoms in total. The van der Waals surface area contributed by atoms with Gasteiger partial charge in [-0.15, -0.1) is 12.4 Å². The molecule has 2 aromatic carbocycles. The molecule has 0 aromatic heterocycles. The molecule has 1 amide bonds. The molecule has 0 radical (unpaired) electrons. The maximum absolute atomic E-state index is 13.9. The van der Waals surface area contributed by atoms with Crippen molar-refractivity contribution in [2.45, 2.75) is 19.4 Å². The zero-order chi connectivity index (χ0) is 17.8. The Bertz CT molecular complexity index is 756. The van der Waals surface area contributed by atoms with Crippen molar-refractivity contribution in [1.82, 2.24) is 10.2 Å². The molecule has 1 saturated heterocycles. The third-order valence-electron chi connectivity index (χ3n) is 4.70. The Kier molecular flexibility index (Phi) is 7.44. The number of halogens is 3. The summed E-state index contributed by atoms with van der Waals surface area (Å²) in [5, 5.41) is 3.99. The number of amides is 1. The van der Waals surface area contributed by atoms with E-state index in [1.165, 1.54) is 6.07 Å². The lowest BCUT2D eigenvalue weighted by Crippen LogP contribution is -2.50. The molecule has 0 bridgehead atoms. The van der Waals surface area contributed by atoms with Gasteiger partial charge in [0.2, 0.25) is 5.91 Å². The minimum Gasteiger partial charge on any atom is -0.333 e. The Morgan fingerprint density at radius 2 is 1.96 bits per heavy atom. The Hall–Kier alpha value is -1.62. The highest BCUT2D eigenvalue weighted by Gasteiger charge is 2.31. The van der Waals surface area contributed by atoms with Gasteiger partial charge >= 0.3 is 0 Å². The Morgan fingerprint density at radius 3 is 2.69 bits per heavy atom. The van der Waals surface area contributed by atoms with Crippen molar-refractivity contribution >= 4 is 29.9 Å². The highest BCUT2D eigenvalue weighted by Crippen LogP contribution is 2.30. The Labute approximate surface area is 164 Å². The highest BCUT2D eigenvalue weighted by atomic mass is 35.5. The van der Waals surface area contributed by atoms with E-state index in [4.69, 9.17) is 11.6 Å². The van der Waals surface area contributed by atoms with E-state index in [2.05, 4.69) is 5.32 Å². The monoisotopic (exact) mass is 396 g/mol. The molecule has 0 saturated carbocycles. The van der Waals surface area contributed by atoms with Crippen LogP contribution in [0, 0.1) is 11.7 Å². The van der Waals surface area contributed by atoms with Crippen molar-refractivity contribution in [1.29, 1.82) is 0 Å². The van der Waals surface area contributed by atoms with Crippen molar-refractivity contribution in [3.63, 3.8) is 0 Å². The van der Waals surface area contributed by atoms with E-state index in [0.29, 0.717) is 30.1 Å². The van der Waals surface area contributed by atoms with Gasteiger partial charge in [-0.1, -0.05) is 54.9 Å². The van der Waals surface area contributed by atoms with E-state index in [-0.39, 0.29) is 36.1 Å². The SMILES string of the molecule is CC(Cc1ccccc1F)C(=O)N1CCNCC1c1ccccc1Cl.Cl. The lowest BCUT2D eigenvalue weighted by atomic mass is 9.96. The van der Waals surface area contributed by atoms with Crippen LogP contribution in [0.2, 0.25) is 5.02 Å². The van der Waals surface area contributed by atoms with E-state index in [1.807, 2.05) is 36.1 Å². The molecule has 2 unspecified atom stereocenters. The van der Waals surface area contributed by atoms with Crippen molar-refractivity contribution in [2.75, 3.05) is 19.6 Å². The number of nitrogens with one attached hydrogen (secondary N) is 1. The average molecular weight is 397 g/mol. The van der Waals surface area contributed by atoms with Crippen molar-refractivity contribution in [3.8, 4) is 0 Å². The number of nitrogens with zero attached hydrogens (tertiary/aromatic N) is 1. The molecule has 1 fully saturated rings. The molecule has 0 spiro atoms. The molecule has 140 valence electrons. The van der Waals surface area contributed by atoms with Gasteiger partial charge in [0, 0.05) is 30.6 Å². The smallest absolute Gasteiger partial charge is 0.226 e. The first-order valence-corrected chi connectivity index (χ1v) is 8.94. The number of carbonyl (C=O) groups excluding carboxylic acids is 1. The van der Waals surface area contributed by atoms with Crippen LogP contribution >= 0.6 is 24.0 Å². The molecule has 1 heterocycles. The zero-order valence-corrected chi connectivity index (χ0v) is 16.2. The summed E-state index contributed by atoms with van der Waals surface area (Å²) < 4.78 is 13.9. The maximum atomic E-state index is 13.9. The largest absolute Gasteiger partial charge is 0.333 e. The molecule has 1 N–H and O–H groups in total. The second-order valence-corrected chi connectivity index (χ2v) is 6.88. The van der Waals surface area contributed by atoms with Gasteiger partial charge in [-0.05, 0) is 29.7 Å². The summed E-state index contributed by atoms with van der Waals surface area (Å²) >= 11 is 6.34. The molecule has 0 aliphatic carbocycles. The van der Waals surface area contributed by atoms with E-state index in [1.54, 1.807) is 18.2 Å². The molecule has 2 atom stereocenters.